The van der Waals surface area contributed by atoms with Gasteiger partial charge in [0, 0.05) is 10.7 Å². The molecular formula is C16H20ClN2S+. The van der Waals surface area contributed by atoms with Crippen LogP contribution in [-0.4, -0.2) is 26.2 Å². The number of halogens is 1. The fourth-order valence-corrected chi connectivity index (χ4v) is 3.83. The number of nitrogens with zero attached hydrogens (tertiary/aromatic N) is 1. The summed E-state index contributed by atoms with van der Waals surface area (Å²) >= 11 is 7.84. The van der Waals surface area contributed by atoms with Gasteiger partial charge in [-0.15, -0.1) is 11.3 Å². The molecule has 0 amide bonds. The SMILES string of the molecule is Cc1ccsc1C[NH+]1CCN(c2ccc(Cl)cc2)CC1. The highest BCUT2D eigenvalue weighted by Gasteiger charge is 2.21. The Balaban J connectivity index is 1.57. The first-order valence-corrected chi connectivity index (χ1v) is 8.35. The molecule has 1 saturated heterocycles. The topological polar surface area (TPSA) is 7.68 Å². The van der Waals surface area contributed by atoms with Crippen LogP contribution in [-0.2, 0) is 6.54 Å². The fraction of sp³-hybridized carbons (Fsp3) is 0.375. The molecule has 0 atom stereocenters. The summed E-state index contributed by atoms with van der Waals surface area (Å²) in [7, 11) is 0. The Bertz CT molecular complexity index is 556. The van der Waals surface area contributed by atoms with Crippen molar-refractivity contribution in [2.24, 2.45) is 0 Å². The second-order valence-corrected chi connectivity index (χ2v) is 6.85. The van der Waals surface area contributed by atoms with Crippen LogP contribution in [0, 0.1) is 6.92 Å². The number of piperazine rings is 1. The van der Waals surface area contributed by atoms with E-state index in [0.717, 1.165) is 18.1 Å². The van der Waals surface area contributed by atoms with Crippen molar-refractivity contribution in [2.45, 2.75) is 13.5 Å². The van der Waals surface area contributed by atoms with Gasteiger partial charge in [-0.3, -0.25) is 0 Å². The average molecular weight is 308 g/mol. The fourth-order valence-electron chi connectivity index (χ4n) is 2.72. The highest BCUT2D eigenvalue weighted by molar-refractivity contribution is 7.10. The molecule has 20 heavy (non-hydrogen) atoms. The van der Waals surface area contributed by atoms with Crippen LogP contribution in [0.25, 0.3) is 0 Å². The van der Waals surface area contributed by atoms with Gasteiger partial charge in [0.1, 0.15) is 6.54 Å². The Hall–Kier alpha value is -1.03. The Labute approximate surface area is 129 Å². The molecular weight excluding hydrogens is 288 g/mol. The van der Waals surface area contributed by atoms with Crippen LogP contribution in [0.1, 0.15) is 10.4 Å². The zero-order valence-electron chi connectivity index (χ0n) is 11.7. The smallest absolute Gasteiger partial charge is 0.112 e. The third-order valence-electron chi connectivity index (χ3n) is 4.04. The molecule has 1 aliphatic heterocycles. The standard InChI is InChI=1S/C16H19ClN2S/c1-13-6-11-20-16(13)12-18-7-9-19(10-8-18)15-4-2-14(17)3-5-15/h2-6,11H,7-10,12H2,1H3/p+1. The Morgan fingerprint density at radius 3 is 2.45 bits per heavy atom. The number of anilines is 1. The molecule has 3 rings (SSSR count). The zero-order valence-corrected chi connectivity index (χ0v) is 13.3. The van der Waals surface area contributed by atoms with E-state index >= 15 is 0 Å². The summed E-state index contributed by atoms with van der Waals surface area (Å²) in [5.41, 5.74) is 2.74. The highest BCUT2D eigenvalue weighted by Crippen LogP contribution is 2.18. The number of quaternary nitrogens is 1. The quantitative estimate of drug-likeness (QED) is 0.916. The second-order valence-electron chi connectivity index (χ2n) is 5.42. The molecule has 1 N–H and O–H groups in total. The largest absolute Gasteiger partial charge is 0.360 e. The lowest BCUT2D eigenvalue weighted by Gasteiger charge is -2.33. The number of benzene rings is 1. The maximum atomic E-state index is 5.95. The summed E-state index contributed by atoms with van der Waals surface area (Å²) in [6, 6.07) is 10.4. The zero-order chi connectivity index (χ0) is 13.9. The van der Waals surface area contributed by atoms with E-state index in [9.17, 15) is 0 Å². The first kappa shape index (κ1) is 13.9. The summed E-state index contributed by atoms with van der Waals surface area (Å²) in [4.78, 5) is 5.70. The number of thiophene rings is 1. The highest BCUT2D eigenvalue weighted by atomic mass is 35.5. The van der Waals surface area contributed by atoms with Crippen LogP contribution >= 0.6 is 22.9 Å². The number of hydrogen-bond donors (Lipinski definition) is 1. The van der Waals surface area contributed by atoms with Crippen LogP contribution in [0.3, 0.4) is 0 Å². The molecule has 2 nitrogen and oxygen atoms in total. The van der Waals surface area contributed by atoms with Gasteiger partial charge in [0.15, 0.2) is 0 Å². The van der Waals surface area contributed by atoms with E-state index in [0.29, 0.717) is 0 Å². The molecule has 0 radical (unpaired) electrons. The summed E-state index contributed by atoms with van der Waals surface area (Å²) in [5.74, 6) is 0. The minimum atomic E-state index is 0.811. The molecule has 1 aromatic heterocycles. The number of hydrogen-bond acceptors (Lipinski definition) is 2. The molecule has 0 saturated carbocycles. The molecule has 4 heteroatoms. The molecule has 0 aliphatic carbocycles. The van der Waals surface area contributed by atoms with Crippen LogP contribution in [0.4, 0.5) is 5.69 Å². The van der Waals surface area contributed by atoms with Gasteiger partial charge in [0.25, 0.3) is 0 Å². The van der Waals surface area contributed by atoms with Gasteiger partial charge >= 0.3 is 0 Å². The van der Waals surface area contributed by atoms with Crippen molar-refractivity contribution in [3.8, 4) is 0 Å². The molecule has 2 heterocycles. The first-order chi connectivity index (χ1) is 9.72. The van der Waals surface area contributed by atoms with E-state index in [2.05, 4.69) is 35.4 Å². The molecule has 2 aromatic rings. The lowest BCUT2D eigenvalue weighted by atomic mass is 10.2. The van der Waals surface area contributed by atoms with Crippen LogP contribution in [0.15, 0.2) is 35.7 Å². The summed E-state index contributed by atoms with van der Waals surface area (Å²) in [6.07, 6.45) is 0. The maximum Gasteiger partial charge on any atom is 0.112 e. The van der Waals surface area contributed by atoms with E-state index in [-0.39, 0.29) is 0 Å². The van der Waals surface area contributed by atoms with Gasteiger partial charge in [-0.25, -0.2) is 0 Å². The number of nitrogens with one attached hydrogen (secondary N) is 1. The van der Waals surface area contributed by atoms with Crippen molar-refractivity contribution in [1.82, 2.24) is 0 Å². The molecule has 106 valence electrons. The summed E-state index contributed by atoms with van der Waals surface area (Å²) in [6.45, 7) is 8.07. The minimum Gasteiger partial charge on any atom is -0.360 e. The Kier molecular flexibility index (Phi) is 4.29. The number of aryl methyl sites for hydroxylation is 1. The maximum absolute atomic E-state index is 5.95. The minimum absolute atomic E-state index is 0.811. The van der Waals surface area contributed by atoms with Crippen LogP contribution in [0.2, 0.25) is 5.02 Å². The molecule has 0 bridgehead atoms. The van der Waals surface area contributed by atoms with Gasteiger partial charge in [-0.1, -0.05) is 11.6 Å². The van der Waals surface area contributed by atoms with Crippen molar-refractivity contribution >= 4 is 28.6 Å². The van der Waals surface area contributed by atoms with Crippen molar-refractivity contribution in [2.75, 3.05) is 31.1 Å². The van der Waals surface area contributed by atoms with E-state index in [1.54, 1.807) is 9.78 Å². The first-order valence-electron chi connectivity index (χ1n) is 7.09. The van der Waals surface area contributed by atoms with E-state index in [1.165, 1.54) is 30.9 Å². The Morgan fingerprint density at radius 1 is 1.15 bits per heavy atom. The predicted molar refractivity (Wildman–Crippen MR) is 87.1 cm³/mol. The van der Waals surface area contributed by atoms with Crippen LogP contribution in [0.5, 0.6) is 0 Å². The van der Waals surface area contributed by atoms with Gasteiger partial charge in [-0.05, 0) is 48.2 Å². The summed E-state index contributed by atoms with van der Waals surface area (Å²) in [5, 5.41) is 3.01. The number of rotatable bonds is 3. The average Bonchev–Trinajstić information content (AvgIpc) is 2.86. The van der Waals surface area contributed by atoms with Gasteiger partial charge in [0.2, 0.25) is 0 Å². The van der Waals surface area contributed by atoms with Crippen molar-refractivity contribution in [1.29, 1.82) is 0 Å². The lowest BCUT2D eigenvalue weighted by molar-refractivity contribution is -0.914. The van der Waals surface area contributed by atoms with Crippen molar-refractivity contribution in [3.05, 3.63) is 51.2 Å². The normalized spacial score (nSPS) is 16.6. The third-order valence-corrected chi connectivity index (χ3v) is 5.32. The predicted octanol–water partition coefficient (Wildman–Crippen LogP) is 2.62. The van der Waals surface area contributed by atoms with Crippen molar-refractivity contribution in [3.63, 3.8) is 0 Å². The molecule has 1 fully saturated rings. The monoisotopic (exact) mass is 307 g/mol. The third kappa shape index (κ3) is 3.17. The molecule has 1 aliphatic rings. The van der Waals surface area contributed by atoms with E-state index in [1.807, 2.05) is 23.5 Å². The summed E-state index contributed by atoms with van der Waals surface area (Å²) < 4.78 is 0. The Morgan fingerprint density at radius 2 is 1.85 bits per heavy atom. The van der Waals surface area contributed by atoms with Crippen molar-refractivity contribution < 1.29 is 4.90 Å². The van der Waals surface area contributed by atoms with Crippen LogP contribution < -0.4 is 9.80 Å². The molecule has 0 unspecified atom stereocenters. The second kappa shape index (κ2) is 6.17. The van der Waals surface area contributed by atoms with Gasteiger partial charge in [0.05, 0.1) is 31.1 Å². The molecule has 1 aromatic carbocycles. The van der Waals surface area contributed by atoms with Gasteiger partial charge in [-0.2, -0.15) is 0 Å². The molecule has 0 spiro atoms. The van der Waals surface area contributed by atoms with Gasteiger partial charge < -0.3 is 9.80 Å². The van der Waals surface area contributed by atoms with E-state index in [4.69, 9.17) is 11.6 Å². The van der Waals surface area contributed by atoms with E-state index < -0.39 is 0 Å². The lowest BCUT2D eigenvalue weighted by Crippen LogP contribution is -3.13.